The van der Waals surface area contributed by atoms with E-state index < -0.39 is 9.84 Å². The summed E-state index contributed by atoms with van der Waals surface area (Å²) in [6.45, 7) is 1.83. The van der Waals surface area contributed by atoms with E-state index >= 15 is 0 Å². The van der Waals surface area contributed by atoms with Crippen LogP contribution in [0.25, 0.3) is 0 Å². The van der Waals surface area contributed by atoms with Crippen molar-refractivity contribution in [1.82, 2.24) is 24.7 Å². The van der Waals surface area contributed by atoms with Crippen LogP contribution in [0.15, 0.2) is 12.5 Å². The Hall–Kier alpha value is -1.61. The summed E-state index contributed by atoms with van der Waals surface area (Å²) in [6, 6.07) is -0.532. The Morgan fingerprint density at radius 2 is 2.09 bits per heavy atom. The fraction of sp³-hybridized carbons (Fsp3) is 0.692. The molecule has 122 valence electrons. The number of nitrogens with zero attached hydrogens (tertiary/aromatic N) is 4. The van der Waals surface area contributed by atoms with Gasteiger partial charge in [-0.15, -0.1) is 0 Å². The highest BCUT2D eigenvalue weighted by Crippen LogP contribution is 2.28. The lowest BCUT2D eigenvalue weighted by molar-refractivity contribution is 0.0514. The SMILES string of the molecule is CN(C)C(=O)N1CCN(Cc2cnc[nH]2)[C@H]2CS(=O)(=O)C[C@H]21. The smallest absolute Gasteiger partial charge is 0.319 e. The number of hydrogen-bond donors (Lipinski definition) is 1. The molecule has 0 bridgehead atoms. The summed E-state index contributed by atoms with van der Waals surface area (Å²) in [5.41, 5.74) is 0.954. The number of rotatable bonds is 2. The Kier molecular flexibility index (Phi) is 3.85. The predicted octanol–water partition coefficient (Wildman–Crippen LogP) is -0.625. The maximum Gasteiger partial charge on any atom is 0.319 e. The number of amides is 2. The van der Waals surface area contributed by atoms with Gasteiger partial charge in [-0.3, -0.25) is 4.90 Å². The number of carbonyl (C=O) groups is 1. The predicted molar refractivity (Wildman–Crippen MR) is 81.0 cm³/mol. The van der Waals surface area contributed by atoms with E-state index in [0.717, 1.165) is 5.69 Å². The van der Waals surface area contributed by atoms with Crippen molar-refractivity contribution in [2.24, 2.45) is 0 Å². The monoisotopic (exact) mass is 327 g/mol. The molecule has 0 saturated carbocycles. The largest absolute Gasteiger partial charge is 0.347 e. The van der Waals surface area contributed by atoms with Gasteiger partial charge in [0.1, 0.15) is 0 Å². The maximum absolute atomic E-state index is 12.3. The first-order valence-electron chi connectivity index (χ1n) is 7.27. The Morgan fingerprint density at radius 3 is 2.73 bits per heavy atom. The number of imidazole rings is 1. The fourth-order valence-corrected chi connectivity index (χ4v) is 5.32. The molecule has 3 heterocycles. The van der Waals surface area contributed by atoms with Crippen molar-refractivity contribution in [3.8, 4) is 0 Å². The van der Waals surface area contributed by atoms with Gasteiger partial charge in [0, 0.05) is 51.7 Å². The summed E-state index contributed by atoms with van der Waals surface area (Å²) in [5, 5.41) is 0. The van der Waals surface area contributed by atoms with Gasteiger partial charge in [0.25, 0.3) is 0 Å². The van der Waals surface area contributed by atoms with Crippen molar-refractivity contribution in [1.29, 1.82) is 0 Å². The second-order valence-electron chi connectivity index (χ2n) is 6.13. The molecule has 2 aliphatic heterocycles. The molecule has 0 spiro atoms. The average Bonchev–Trinajstić information content (AvgIpc) is 3.04. The van der Waals surface area contributed by atoms with Gasteiger partial charge in [-0.2, -0.15) is 0 Å². The molecule has 22 heavy (non-hydrogen) atoms. The highest BCUT2D eigenvalue weighted by molar-refractivity contribution is 7.91. The minimum Gasteiger partial charge on any atom is -0.347 e. The Bertz CT molecular complexity index is 643. The molecule has 0 aliphatic carbocycles. The molecule has 8 nitrogen and oxygen atoms in total. The van der Waals surface area contributed by atoms with Crippen LogP contribution in [0, 0.1) is 0 Å². The molecular formula is C13H21N5O3S. The van der Waals surface area contributed by atoms with Crippen LogP contribution in [0.2, 0.25) is 0 Å². The Morgan fingerprint density at radius 1 is 1.36 bits per heavy atom. The lowest BCUT2D eigenvalue weighted by Crippen LogP contribution is -2.61. The zero-order chi connectivity index (χ0) is 15.9. The number of fused-ring (bicyclic) bond motifs is 1. The summed E-state index contributed by atoms with van der Waals surface area (Å²) in [5.74, 6) is 0.166. The number of urea groups is 1. The summed E-state index contributed by atoms with van der Waals surface area (Å²) >= 11 is 0. The van der Waals surface area contributed by atoms with Gasteiger partial charge in [0.2, 0.25) is 0 Å². The number of hydrogen-bond acceptors (Lipinski definition) is 5. The lowest BCUT2D eigenvalue weighted by Gasteiger charge is -2.44. The van der Waals surface area contributed by atoms with Crippen LogP contribution in [0.3, 0.4) is 0 Å². The second kappa shape index (κ2) is 5.54. The third-order valence-corrected chi connectivity index (χ3v) is 6.05. The van der Waals surface area contributed by atoms with Crippen LogP contribution in [-0.2, 0) is 16.4 Å². The Labute approximate surface area is 130 Å². The van der Waals surface area contributed by atoms with E-state index in [0.29, 0.717) is 19.6 Å². The number of sulfone groups is 1. The molecule has 2 atom stereocenters. The summed E-state index contributed by atoms with van der Waals surface area (Å²) in [6.07, 6.45) is 3.36. The molecule has 0 radical (unpaired) electrons. The second-order valence-corrected chi connectivity index (χ2v) is 8.28. The van der Waals surface area contributed by atoms with Crippen LogP contribution >= 0.6 is 0 Å². The van der Waals surface area contributed by atoms with Crippen molar-refractivity contribution in [3.63, 3.8) is 0 Å². The summed E-state index contributed by atoms with van der Waals surface area (Å²) in [4.78, 5) is 24.7. The summed E-state index contributed by atoms with van der Waals surface area (Å²) < 4.78 is 24.2. The van der Waals surface area contributed by atoms with Crippen LogP contribution < -0.4 is 0 Å². The molecule has 3 rings (SSSR count). The molecule has 0 aromatic carbocycles. The minimum absolute atomic E-state index is 0.0523. The fourth-order valence-electron chi connectivity index (χ4n) is 3.31. The first kappa shape index (κ1) is 15.3. The van der Waals surface area contributed by atoms with Crippen molar-refractivity contribution >= 4 is 15.9 Å². The lowest BCUT2D eigenvalue weighted by atomic mass is 10.0. The van der Waals surface area contributed by atoms with Gasteiger partial charge in [0.05, 0.1) is 23.9 Å². The number of H-pyrrole nitrogens is 1. The molecule has 1 aromatic heterocycles. The molecule has 2 amide bonds. The molecule has 9 heteroatoms. The van der Waals surface area contributed by atoms with Crippen LogP contribution in [0.4, 0.5) is 4.79 Å². The van der Waals surface area contributed by atoms with E-state index in [4.69, 9.17) is 0 Å². The minimum atomic E-state index is -3.11. The summed E-state index contributed by atoms with van der Waals surface area (Å²) in [7, 11) is 0.272. The molecule has 2 fully saturated rings. The number of aromatic nitrogens is 2. The highest BCUT2D eigenvalue weighted by Gasteiger charge is 2.48. The quantitative estimate of drug-likeness (QED) is 0.781. The van der Waals surface area contributed by atoms with Crippen LogP contribution in [-0.4, -0.2) is 89.9 Å². The van der Waals surface area contributed by atoms with E-state index in [1.807, 2.05) is 0 Å². The van der Waals surface area contributed by atoms with E-state index in [2.05, 4.69) is 14.9 Å². The van der Waals surface area contributed by atoms with Crippen molar-refractivity contribution in [3.05, 3.63) is 18.2 Å². The molecular weight excluding hydrogens is 306 g/mol. The number of carbonyl (C=O) groups excluding carboxylic acids is 1. The van der Waals surface area contributed by atoms with Crippen LogP contribution in [0.1, 0.15) is 5.69 Å². The van der Waals surface area contributed by atoms with E-state index in [1.165, 1.54) is 4.90 Å². The number of piperazine rings is 1. The first-order valence-corrected chi connectivity index (χ1v) is 9.09. The zero-order valence-corrected chi connectivity index (χ0v) is 13.6. The maximum atomic E-state index is 12.3. The molecule has 1 N–H and O–H groups in total. The van der Waals surface area contributed by atoms with Gasteiger partial charge in [0.15, 0.2) is 9.84 Å². The molecule has 0 unspecified atom stereocenters. The average molecular weight is 327 g/mol. The molecule has 2 aliphatic rings. The van der Waals surface area contributed by atoms with Crippen molar-refractivity contribution < 1.29 is 13.2 Å². The van der Waals surface area contributed by atoms with E-state index in [1.54, 1.807) is 31.5 Å². The van der Waals surface area contributed by atoms with Crippen molar-refractivity contribution in [2.75, 3.05) is 38.7 Å². The third kappa shape index (κ3) is 2.82. The van der Waals surface area contributed by atoms with Crippen molar-refractivity contribution in [2.45, 2.75) is 18.6 Å². The standard InChI is InChI=1S/C13H21N5O3S/c1-16(2)13(19)18-4-3-17(6-10-5-14-9-15-10)11-7-22(20,21)8-12(11)18/h5,9,11-12H,3-4,6-8H2,1-2H3,(H,14,15)/t11-,12+/m0/s1. The zero-order valence-electron chi connectivity index (χ0n) is 12.8. The number of nitrogens with one attached hydrogen (secondary N) is 1. The molecule has 1 aromatic rings. The molecule has 2 saturated heterocycles. The van der Waals surface area contributed by atoms with E-state index in [-0.39, 0.29) is 29.6 Å². The Balaban J connectivity index is 1.82. The van der Waals surface area contributed by atoms with Gasteiger partial charge in [-0.05, 0) is 0 Å². The normalized spacial score (nSPS) is 27.6. The van der Waals surface area contributed by atoms with Gasteiger partial charge < -0.3 is 14.8 Å². The topological polar surface area (TPSA) is 89.6 Å². The van der Waals surface area contributed by atoms with E-state index in [9.17, 15) is 13.2 Å². The number of aromatic amines is 1. The highest BCUT2D eigenvalue weighted by atomic mass is 32.2. The van der Waals surface area contributed by atoms with Gasteiger partial charge in [-0.1, -0.05) is 0 Å². The third-order valence-electron chi connectivity index (χ3n) is 4.35. The van der Waals surface area contributed by atoms with Gasteiger partial charge in [-0.25, -0.2) is 18.2 Å². The van der Waals surface area contributed by atoms with Crippen LogP contribution in [0.5, 0.6) is 0 Å². The first-order chi connectivity index (χ1) is 10.4. The van der Waals surface area contributed by atoms with Gasteiger partial charge >= 0.3 is 6.03 Å².